The largest absolute Gasteiger partial charge is 0.385 e. The third-order valence-corrected chi connectivity index (χ3v) is 7.82. The first-order valence-corrected chi connectivity index (χ1v) is 8.05. The molecular formula is C9H9Br2NO5S. The topological polar surface area (TPSA) is 97.5 Å². The van der Waals surface area contributed by atoms with Gasteiger partial charge in [-0.15, -0.1) is 0 Å². The van der Waals surface area contributed by atoms with Crippen molar-refractivity contribution in [3.8, 4) is 0 Å². The zero-order valence-corrected chi connectivity index (χ0v) is 13.1. The maximum atomic E-state index is 11.5. The van der Waals surface area contributed by atoms with Crippen molar-refractivity contribution in [2.45, 2.75) is 8.67 Å². The van der Waals surface area contributed by atoms with E-state index in [1.165, 1.54) is 18.2 Å². The molecule has 0 aliphatic carbocycles. The Labute approximate surface area is 120 Å². The fourth-order valence-electron chi connectivity index (χ4n) is 1.21. The lowest BCUT2D eigenvalue weighted by atomic mass is 10.1. The van der Waals surface area contributed by atoms with Crippen LogP contribution in [0.2, 0.25) is 0 Å². The van der Waals surface area contributed by atoms with E-state index in [2.05, 4.69) is 31.9 Å². The summed E-state index contributed by atoms with van der Waals surface area (Å²) in [5.74, 6) is 0. The summed E-state index contributed by atoms with van der Waals surface area (Å²) in [7, 11) is -3.67. The standard InChI is InChI=1S/C9H9Br2NO5S/c1-18(16,17)9(10,11)8(13)6-3-2-4-7(5-6)12(14)15/h2-5,8,13H,1H3/t8-/m0/s1. The molecule has 0 amide bonds. The van der Waals surface area contributed by atoms with Crippen LogP contribution in [-0.2, 0) is 9.84 Å². The third-order valence-electron chi connectivity index (χ3n) is 2.21. The third kappa shape index (κ3) is 3.08. The Morgan fingerprint density at radius 3 is 2.44 bits per heavy atom. The van der Waals surface area contributed by atoms with Crippen LogP contribution in [0.15, 0.2) is 24.3 Å². The van der Waals surface area contributed by atoms with E-state index >= 15 is 0 Å². The molecule has 1 N–H and O–H groups in total. The van der Waals surface area contributed by atoms with E-state index in [9.17, 15) is 23.6 Å². The lowest BCUT2D eigenvalue weighted by Gasteiger charge is -2.24. The van der Waals surface area contributed by atoms with Gasteiger partial charge in [0.1, 0.15) is 6.10 Å². The van der Waals surface area contributed by atoms with Crippen molar-refractivity contribution in [1.29, 1.82) is 0 Å². The highest BCUT2D eigenvalue weighted by molar-refractivity contribution is 9.27. The number of sulfone groups is 1. The number of non-ortho nitro benzene ring substituents is 1. The first-order chi connectivity index (χ1) is 8.07. The second-order valence-corrected chi connectivity index (χ2v) is 10.4. The first kappa shape index (κ1) is 15.5. The summed E-state index contributed by atoms with van der Waals surface area (Å²) in [5, 5.41) is 20.6. The Bertz CT molecular complexity index is 572. The number of benzene rings is 1. The predicted octanol–water partition coefficient (Wildman–Crippen LogP) is 2.12. The molecule has 0 aromatic heterocycles. The minimum Gasteiger partial charge on any atom is -0.385 e. The minimum absolute atomic E-state index is 0.114. The van der Waals surface area contributed by atoms with Crippen molar-refractivity contribution < 1.29 is 18.4 Å². The van der Waals surface area contributed by atoms with Crippen molar-refractivity contribution in [3.63, 3.8) is 0 Å². The van der Waals surface area contributed by atoms with Crippen molar-refractivity contribution in [2.75, 3.05) is 6.26 Å². The summed E-state index contributed by atoms with van der Waals surface area (Å²) >= 11 is 5.75. The van der Waals surface area contributed by atoms with Crippen LogP contribution in [0.4, 0.5) is 5.69 Å². The molecule has 0 radical (unpaired) electrons. The lowest BCUT2D eigenvalue weighted by molar-refractivity contribution is -0.385. The summed E-state index contributed by atoms with van der Waals surface area (Å²) in [6.45, 7) is 0. The molecule has 0 unspecified atom stereocenters. The summed E-state index contributed by atoms with van der Waals surface area (Å²) < 4.78 is 21.2. The van der Waals surface area contributed by atoms with E-state index in [1.54, 1.807) is 0 Å². The zero-order chi connectivity index (χ0) is 14.1. The fraction of sp³-hybridized carbons (Fsp3) is 0.333. The van der Waals surface area contributed by atoms with E-state index in [0.717, 1.165) is 12.3 Å². The van der Waals surface area contributed by atoms with Crippen LogP contribution in [0.5, 0.6) is 0 Å². The highest BCUT2D eigenvalue weighted by atomic mass is 79.9. The van der Waals surface area contributed by atoms with Gasteiger partial charge in [-0.1, -0.05) is 44.0 Å². The van der Waals surface area contributed by atoms with Crippen LogP contribution in [0, 0.1) is 10.1 Å². The molecule has 0 saturated heterocycles. The summed E-state index contributed by atoms with van der Waals surface area (Å²) in [4.78, 5) is 9.98. The number of hydrogen-bond acceptors (Lipinski definition) is 5. The molecule has 0 bridgehead atoms. The number of halogens is 2. The van der Waals surface area contributed by atoms with Crippen LogP contribution in [0.3, 0.4) is 0 Å². The number of aliphatic hydroxyl groups is 1. The molecule has 0 heterocycles. The number of nitro groups is 1. The Balaban J connectivity index is 3.23. The van der Waals surface area contributed by atoms with Gasteiger partial charge >= 0.3 is 0 Å². The van der Waals surface area contributed by atoms with Gasteiger partial charge in [-0.25, -0.2) is 8.42 Å². The normalized spacial score (nSPS) is 14.2. The predicted molar refractivity (Wildman–Crippen MR) is 73.5 cm³/mol. The number of hydrogen-bond donors (Lipinski definition) is 1. The van der Waals surface area contributed by atoms with Crippen LogP contribution in [-0.4, -0.2) is 27.3 Å². The second kappa shape index (κ2) is 5.24. The monoisotopic (exact) mass is 401 g/mol. The molecule has 100 valence electrons. The van der Waals surface area contributed by atoms with Gasteiger partial charge in [0, 0.05) is 18.4 Å². The van der Waals surface area contributed by atoms with Crippen LogP contribution in [0.1, 0.15) is 11.7 Å². The van der Waals surface area contributed by atoms with Crippen LogP contribution < -0.4 is 0 Å². The van der Waals surface area contributed by atoms with E-state index in [1.807, 2.05) is 0 Å². The first-order valence-electron chi connectivity index (χ1n) is 4.57. The van der Waals surface area contributed by atoms with Crippen molar-refractivity contribution in [1.82, 2.24) is 0 Å². The van der Waals surface area contributed by atoms with Crippen molar-refractivity contribution in [2.24, 2.45) is 0 Å². The van der Waals surface area contributed by atoms with E-state index in [4.69, 9.17) is 0 Å². The molecule has 1 atom stereocenters. The quantitative estimate of drug-likeness (QED) is 0.472. The summed E-state index contributed by atoms with van der Waals surface area (Å²) in [6.07, 6.45) is -0.565. The molecule has 0 aliphatic heterocycles. The lowest BCUT2D eigenvalue weighted by Crippen LogP contribution is -2.31. The van der Waals surface area contributed by atoms with E-state index in [0.29, 0.717) is 0 Å². The molecule has 6 nitrogen and oxygen atoms in total. The number of nitrogens with zero attached hydrogens (tertiary/aromatic N) is 1. The summed E-state index contributed by atoms with van der Waals surface area (Å²) in [5.41, 5.74) is -0.112. The minimum atomic E-state index is -3.67. The highest BCUT2D eigenvalue weighted by Gasteiger charge is 2.43. The van der Waals surface area contributed by atoms with Crippen molar-refractivity contribution in [3.05, 3.63) is 39.9 Å². The molecular weight excluding hydrogens is 394 g/mol. The highest BCUT2D eigenvalue weighted by Crippen LogP contribution is 2.44. The van der Waals surface area contributed by atoms with Gasteiger partial charge in [-0.3, -0.25) is 10.1 Å². The number of nitro benzene ring substituents is 1. The molecule has 1 aromatic rings. The van der Waals surface area contributed by atoms with E-state index in [-0.39, 0.29) is 11.3 Å². The van der Waals surface area contributed by atoms with Gasteiger partial charge in [0.15, 0.2) is 9.84 Å². The maximum absolute atomic E-state index is 11.5. The van der Waals surface area contributed by atoms with Gasteiger partial charge < -0.3 is 5.11 Å². The number of alkyl halides is 2. The van der Waals surface area contributed by atoms with Crippen LogP contribution in [0.25, 0.3) is 0 Å². The Morgan fingerprint density at radius 1 is 1.44 bits per heavy atom. The second-order valence-electron chi connectivity index (χ2n) is 3.59. The number of rotatable bonds is 4. The molecule has 18 heavy (non-hydrogen) atoms. The molecule has 0 aliphatic rings. The molecule has 0 saturated carbocycles. The molecule has 0 spiro atoms. The zero-order valence-electron chi connectivity index (χ0n) is 9.08. The Morgan fingerprint density at radius 2 is 2.00 bits per heavy atom. The van der Waals surface area contributed by atoms with Gasteiger partial charge in [-0.05, 0) is 5.56 Å². The smallest absolute Gasteiger partial charge is 0.269 e. The molecule has 9 heteroatoms. The van der Waals surface area contributed by atoms with Gasteiger partial charge in [0.25, 0.3) is 5.69 Å². The summed E-state index contributed by atoms with van der Waals surface area (Å²) in [6, 6.07) is 5.14. The van der Waals surface area contributed by atoms with Gasteiger partial charge in [0.05, 0.1) is 4.92 Å². The molecule has 0 fully saturated rings. The van der Waals surface area contributed by atoms with E-state index < -0.39 is 23.4 Å². The number of aliphatic hydroxyl groups excluding tert-OH is 1. The van der Waals surface area contributed by atoms with Crippen LogP contribution >= 0.6 is 31.9 Å². The van der Waals surface area contributed by atoms with Gasteiger partial charge in [-0.2, -0.15) is 0 Å². The maximum Gasteiger partial charge on any atom is 0.269 e. The Hall–Kier alpha value is -0.510. The average molecular weight is 403 g/mol. The SMILES string of the molecule is CS(=O)(=O)C(Br)(Br)[C@@H](O)c1cccc([N+](=O)[O-])c1. The van der Waals surface area contributed by atoms with Gasteiger partial charge in [0.2, 0.25) is 2.57 Å². The fourth-order valence-corrected chi connectivity index (χ4v) is 2.28. The molecule has 1 rings (SSSR count). The Kier molecular flexibility index (Phi) is 4.52. The average Bonchev–Trinajstić information content (AvgIpc) is 2.26. The van der Waals surface area contributed by atoms with Crippen molar-refractivity contribution >= 4 is 47.4 Å². The molecule has 1 aromatic carbocycles.